The number of carbonyl (C=O) groups is 1. The number of nitrogens with zero attached hydrogens (tertiary/aromatic N) is 1. The number of carbonyl (C=O) groups excluding carboxylic acids is 1. The Bertz CT molecular complexity index is 341. The number of hydrogen-bond acceptors (Lipinski definition) is 4. The van der Waals surface area contributed by atoms with E-state index in [2.05, 4.69) is 22.7 Å². The van der Waals surface area contributed by atoms with E-state index in [0.717, 1.165) is 19.3 Å². The topological polar surface area (TPSA) is 80.0 Å². The summed E-state index contributed by atoms with van der Waals surface area (Å²) in [5.41, 5.74) is 3.51. The fraction of sp³-hybridized carbons (Fsp3) is 0.455. The number of rotatable bonds is 6. The zero-order valence-corrected chi connectivity index (χ0v) is 9.49. The Morgan fingerprint density at radius 2 is 2.31 bits per heavy atom. The van der Waals surface area contributed by atoms with E-state index in [1.165, 1.54) is 6.20 Å². The molecule has 5 heteroatoms. The van der Waals surface area contributed by atoms with Gasteiger partial charge in [-0.1, -0.05) is 19.8 Å². The molecular formula is C11H18N4O. The average Bonchev–Trinajstić information content (AvgIpc) is 2.34. The molecule has 0 bridgehead atoms. The lowest BCUT2D eigenvalue weighted by molar-refractivity contribution is 0.0953. The molecule has 0 saturated heterocycles. The Kier molecular flexibility index (Phi) is 5.28. The fourth-order valence-corrected chi connectivity index (χ4v) is 1.38. The summed E-state index contributed by atoms with van der Waals surface area (Å²) >= 11 is 0. The van der Waals surface area contributed by atoms with Gasteiger partial charge in [0.05, 0.1) is 17.4 Å². The van der Waals surface area contributed by atoms with E-state index in [1.54, 1.807) is 12.3 Å². The molecule has 1 heterocycles. The van der Waals surface area contributed by atoms with Crippen LogP contribution in [0.5, 0.6) is 0 Å². The van der Waals surface area contributed by atoms with Gasteiger partial charge in [0, 0.05) is 12.7 Å². The number of hydrazine groups is 1. The van der Waals surface area contributed by atoms with Crippen molar-refractivity contribution >= 4 is 11.6 Å². The summed E-state index contributed by atoms with van der Waals surface area (Å²) in [6, 6.07) is 1.64. The molecule has 1 aromatic rings. The number of unbranched alkanes of at least 4 members (excludes halogenated alkanes) is 2. The number of nitrogens with two attached hydrogens (primary N) is 1. The maximum atomic E-state index is 11.8. The van der Waals surface area contributed by atoms with Gasteiger partial charge in [0.2, 0.25) is 0 Å². The molecule has 0 aliphatic heterocycles. The van der Waals surface area contributed by atoms with Gasteiger partial charge in [-0.05, 0) is 12.5 Å². The summed E-state index contributed by atoms with van der Waals surface area (Å²) in [7, 11) is 0. The smallest absolute Gasteiger partial charge is 0.253 e. The molecule has 1 aromatic heterocycles. The average molecular weight is 222 g/mol. The Labute approximate surface area is 95.4 Å². The molecule has 0 saturated carbocycles. The molecule has 0 aliphatic rings. The van der Waals surface area contributed by atoms with Crippen molar-refractivity contribution in [3.63, 3.8) is 0 Å². The molecule has 0 unspecified atom stereocenters. The molecule has 0 radical (unpaired) electrons. The lowest BCUT2D eigenvalue weighted by Gasteiger charge is -2.08. The molecule has 88 valence electrons. The molecule has 1 amide bonds. The monoisotopic (exact) mass is 222 g/mol. The third kappa shape index (κ3) is 3.51. The quantitative estimate of drug-likeness (QED) is 0.385. The van der Waals surface area contributed by atoms with Gasteiger partial charge in [0.15, 0.2) is 0 Å². The maximum absolute atomic E-state index is 11.8. The van der Waals surface area contributed by atoms with Crippen LogP contribution >= 0.6 is 0 Å². The highest BCUT2D eigenvalue weighted by atomic mass is 16.1. The summed E-state index contributed by atoms with van der Waals surface area (Å²) in [6.45, 7) is 2.82. The van der Waals surface area contributed by atoms with E-state index in [-0.39, 0.29) is 5.91 Å². The van der Waals surface area contributed by atoms with Crippen molar-refractivity contribution in [2.24, 2.45) is 5.84 Å². The van der Waals surface area contributed by atoms with E-state index in [9.17, 15) is 4.79 Å². The molecule has 0 spiro atoms. The predicted molar refractivity (Wildman–Crippen MR) is 63.9 cm³/mol. The Balaban J connectivity index is 2.52. The third-order valence-electron chi connectivity index (χ3n) is 2.29. The van der Waals surface area contributed by atoms with Crippen molar-refractivity contribution in [1.82, 2.24) is 10.3 Å². The van der Waals surface area contributed by atoms with Gasteiger partial charge < -0.3 is 10.7 Å². The maximum Gasteiger partial charge on any atom is 0.253 e. The lowest BCUT2D eigenvalue weighted by atomic mass is 10.2. The van der Waals surface area contributed by atoms with Crippen molar-refractivity contribution in [2.45, 2.75) is 26.2 Å². The van der Waals surface area contributed by atoms with Crippen LogP contribution in [0.2, 0.25) is 0 Å². The van der Waals surface area contributed by atoms with Gasteiger partial charge >= 0.3 is 0 Å². The first-order chi connectivity index (χ1) is 7.79. The minimum atomic E-state index is -0.119. The molecule has 16 heavy (non-hydrogen) atoms. The van der Waals surface area contributed by atoms with Crippen LogP contribution in [-0.4, -0.2) is 17.4 Å². The number of nitrogen functional groups attached to an aromatic ring is 1. The summed E-state index contributed by atoms with van der Waals surface area (Å²) in [5, 5.41) is 2.85. The van der Waals surface area contributed by atoms with E-state index >= 15 is 0 Å². The number of pyridine rings is 1. The SMILES string of the molecule is CCCCCNC(=O)c1ccncc1NN. The first-order valence-corrected chi connectivity index (χ1v) is 5.48. The Morgan fingerprint density at radius 3 is 3.00 bits per heavy atom. The number of nitrogens with one attached hydrogen (secondary N) is 2. The van der Waals surface area contributed by atoms with Gasteiger partial charge in [0.25, 0.3) is 5.91 Å². The third-order valence-corrected chi connectivity index (χ3v) is 2.29. The van der Waals surface area contributed by atoms with E-state index in [4.69, 9.17) is 5.84 Å². The minimum absolute atomic E-state index is 0.119. The zero-order valence-electron chi connectivity index (χ0n) is 9.49. The highest BCUT2D eigenvalue weighted by Gasteiger charge is 2.09. The van der Waals surface area contributed by atoms with Gasteiger partial charge in [-0.3, -0.25) is 15.6 Å². The van der Waals surface area contributed by atoms with Crippen molar-refractivity contribution in [1.29, 1.82) is 0 Å². The Morgan fingerprint density at radius 1 is 1.50 bits per heavy atom. The second-order valence-electron chi connectivity index (χ2n) is 3.53. The zero-order chi connectivity index (χ0) is 11.8. The molecule has 0 fully saturated rings. The van der Waals surface area contributed by atoms with Crippen LogP contribution in [0.15, 0.2) is 18.5 Å². The number of anilines is 1. The predicted octanol–water partition coefficient (Wildman–Crippen LogP) is 1.29. The molecule has 5 nitrogen and oxygen atoms in total. The van der Waals surface area contributed by atoms with Crippen LogP contribution in [-0.2, 0) is 0 Å². The Hall–Kier alpha value is -1.62. The largest absolute Gasteiger partial charge is 0.352 e. The van der Waals surface area contributed by atoms with Crippen LogP contribution in [0.3, 0.4) is 0 Å². The fourth-order valence-electron chi connectivity index (χ4n) is 1.38. The second kappa shape index (κ2) is 6.79. The first kappa shape index (κ1) is 12.4. The highest BCUT2D eigenvalue weighted by molar-refractivity contribution is 5.99. The van der Waals surface area contributed by atoms with Gasteiger partial charge in [0.1, 0.15) is 0 Å². The van der Waals surface area contributed by atoms with E-state index in [0.29, 0.717) is 17.8 Å². The summed E-state index contributed by atoms with van der Waals surface area (Å²) in [4.78, 5) is 15.6. The van der Waals surface area contributed by atoms with Crippen molar-refractivity contribution in [3.05, 3.63) is 24.0 Å². The molecule has 4 N–H and O–H groups in total. The van der Waals surface area contributed by atoms with Crippen LogP contribution in [0, 0.1) is 0 Å². The number of amides is 1. The molecule has 0 aliphatic carbocycles. The van der Waals surface area contributed by atoms with E-state index in [1.807, 2.05) is 0 Å². The van der Waals surface area contributed by atoms with Gasteiger partial charge in [-0.2, -0.15) is 0 Å². The molecule has 0 atom stereocenters. The first-order valence-electron chi connectivity index (χ1n) is 5.48. The van der Waals surface area contributed by atoms with Crippen LogP contribution < -0.4 is 16.6 Å². The lowest BCUT2D eigenvalue weighted by Crippen LogP contribution is -2.26. The second-order valence-corrected chi connectivity index (χ2v) is 3.53. The standard InChI is InChI=1S/C11H18N4O/c1-2-3-4-6-14-11(16)9-5-7-13-8-10(9)15-12/h5,7-8,15H,2-4,6,12H2,1H3,(H,14,16). The van der Waals surface area contributed by atoms with E-state index < -0.39 is 0 Å². The van der Waals surface area contributed by atoms with Crippen LogP contribution in [0.1, 0.15) is 36.5 Å². The number of hydrogen-bond donors (Lipinski definition) is 3. The summed E-state index contributed by atoms with van der Waals surface area (Å²) in [6.07, 6.45) is 6.36. The molecule has 1 rings (SSSR count). The van der Waals surface area contributed by atoms with Gasteiger partial charge in [-0.25, -0.2) is 0 Å². The molecular weight excluding hydrogens is 204 g/mol. The summed E-state index contributed by atoms with van der Waals surface area (Å²) < 4.78 is 0. The van der Waals surface area contributed by atoms with Crippen molar-refractivity contribution in [3.8, 4) is 0 Å². The van der Waals surface area contributed by atoms with Crippen molar-refractivity contribution in [2.75, 3.05) is 12.0 Å². The minimum Gasteiger partial charge on any atom is -0.352 e. The summed E-state index contributed by atoms with van der Waals surface area (Å²) in [5.74, 6) is 5.18. The van der Waals surface area contributed by atoms with Crippen LogP contribution in [0.4, 0.5) is 5.69 Å². The normalized spacial score (nSPS) is 9.88. The highest BCUT2D eigenvalue weighted by Crippen LogP contribution is 2.11. The van der Waals surface area contributed by atoms with Crippen LogP contribution in [0.25, 0.3) is 0 Å². The van der Waals surface area contributed by atoms with Crippen molar-refractivity contribution < 1.29 is 4.79 Å². The number of aromatic nitrogens is 1. The van der Waals surface area contributed by atoms with Gasteiger partial charge in [-0.15, -0.1) is 0 Å². The molecule has 0 aromatic carbocycles.